The second-order valence-electron chi connectivity index (χ2n) is 7.38. The molecule has 0 aromatic heterocycles. The van der Waals surface area contributed by atoms with E-state index in [2.05, 4.69) is 5.32 Å². The Morgan fingerprint density at radius 2 is 1.71 bits per heavy atom. The summed E-state index contributed by atoms with van der Waals surface area (Å²) < 4.78 is 45.8. The third kappa shape index (κ3) is 5.48. The van der Waals surface area contributed by atoms with Gasteiger partial charge in [-0.2, -0.15) is 4.31 Å². The zero-order chi connectivity index (χ0) is 22.4. The van der Waals surface area contributed by atoms with Gasteiger partial charge < -0.3 is 10.1 Å². The van der Waals surface area contributed by atoms with Crippen molar-refractivity contribution >= 4 is 27.6 Å². The second kappa shape index (κ2) is 10.0. The fraction of sp³-hybridized carbons (Fsp3) is 0.364. The molecule has 166 valence electrons. The molecule has 0 spiro atoms. The number of amides is 1. The minimum atomic E-state index is -4.02. The predicted molar refractivity (Wildman–Crippen MR) is 114 cm³/mol. The first-order valence-corrected chi connectivity index (χ1v) is 11.5. The van der Waals surface area contributed by atoms with Crippen molar-refractivity contribution in [1.82, 2.24) is 4.31 Å². The Labute approximate surface area is 181 Å². The molecule has 1 fully saturated rings. The molecule has 0 radical (unpaired) electrons. The van der Waals surface area contributed by atoms with Gasteiger partial charge in [0.15, 0.2) is 0 Å². The van der Waals surface area contributed by atoms with Gasteiger partial charge in [0.1, 0.15) is 5.82 Å². The molecule has 7 nitrogen and oxygen atoms in total. The van der Waals surface area contributed by atoms with Gasteiger partial charge in [0, 0.05) is 6.04 Å². The summed E-state index contributed by atoms with van der Waals surface area (Å²) in [7, 11) is -2.78. The van der Waals surface area contributed by atoms with E-state index in [4.69, 9.17) is 4.74 Å². The number of para-hydroxylation sites is 1. The minimum absolute atomic E-state index is 0.0674. The summed E-state index contributed by atoms with van der Waals surface area (Å²) >= 11 is 0. The monoisotopic (exact) mass is 448 g/mol. The molecular formula is C22H25FN2O5S. The fourth-order valence-corrected chi connectivity index (χ4v) is 5.37. The SMILES string of the molecule is COC(=O)c1ccccc1NC(=O)CN(C1CCCCC1)S(=O)(=O)c1ccc(F)cc1. The lowest BCUT2D eigenvalue weighted by Crippen LogP contribution is -2.45. The van der Waals surface area contributed by atoms with E-state index in [1.165, 1.54) is 29.6 Å². The highest BCUT2D eigenvalue weighted by molar-refractivity contribution is 7.89. The standard InChI is InChI=1S/C22H25FN2O5S/c1-30-22(27)19-9-5-6-10-20(19)24-21(26)15-25(17-7-3-2-4-8-17)31(28,29)18-13-11-16(23)12-14-18/h5-6,9-14,17H,2-4,7-8,15H2,1H3,(H,24,26). The van der Waals surface area contributed by atoms with Gasteiger partial charge in [-0.25, -0.2) is 17.6 Å². The lowest BCUT2D eigenvalue weighted by Gasteiger charge is -2.33. The molecule has 0 bridgehead atoms. The average Bonchev–Trinajstić information content (AvgIpc) is 2.78. The minimum Gasteiger partial charge on any atom is -0.465 e. The molecule has 0 aliphatic heterocycles. The summed E-state index contributed by atoms with van der Waals surface area (Å²) in [4.78, 5) is 24.7. The van der Waals surface area contributed by atoms with Gasteiger partial charge in [-0.05, 0) is 49.2 Å². The van der Waals surface area contributed by atoms with Crippen molar-refractivity contribution in [1.29, 1.82) is 0 Å². The van der Waals surface area contributed by atoms with Crippen LogP contribution in [0.4, 0.5) is 10.1 Å². The van der Waals surface area contributed by atoms with Crippen LogP contribution < -0.4 is 5.32 Å². The third-order valence-corrected chi connectivity index (χ3v) is 7.22. The molecule has 2 aromatic rings. The van der Waals surface area contributed by atoms with Crippen molar-refractivity contribution in [3.63, 3.8) is 0 Å². The van der Waals surface area contributed by atoms with Gasteiger partial charge in [0.2, 0.25) is 15.9 Å². The molecule has 3 rings (SSSR count). The van der Waals surface area contributed by atoms with Crippen molar-refractivity contribution < 1.29 is 27.1 Å². The van der Waals surface area contributed by atoms with Gasteiger partial charge in [0.05, 0.1) is 29.8 Å². The summed E-state index contributed by atoms with van der Waals surface area (Å²) in [6, 6.07) is 10.6. The topological polar surface area (TPSA) is 92.8 Å². The van der Waals surface area contributed by atoms with Crippen LogP contribution in [0.15, 0.2) is 53.4 Å². The van der Waals surface area contributed by atoms with Crippen LogP contribution in [0, 0.1) is 5.82 Å². The first kappa shape index (κ1) is 22.9. The first-order chi connectivity index (χ1) is 14.8. The van der Waals surface area contributed by atoms with E-state index in [1.807, 2.05) is 0 Å². The molecule has 0 unspecified atom stereocenters. The molecule has 2 aromatic carbocycles. The molecule has 1 N–H and O–H groups in total. The number of halogens is 1. The first-order valence-electron chi connectivity index (χ1n) is 10.1. The van der Waals surface area contributed by atoms with Gasteiger partial charge >= 0.3 is 5.97 Å². The van der Waals surface area contributed by atoms with Crippen LogP contribution in [0.25, 0.3) is 0 Å². The zero-order valence-electron chi connectivity index (χ0n) is 17.2. The molecule has 0 atom stereocenters. The Balaban J connectivity index is 1.86. The summed E-state index contributed by atoms with van der Waals surface area (Å²) in [5, 5.41) is 2.62. The summed E-state index contributed by atoms with van der Waals surface area (Å²) in [6.45, 7) is -0.417. The maximum Gasteiger partial charge on any atom is 0.339 e. The van der Waals surface area contributed by atoms with Crippen molar-refractivity contribution in [3.05, 3.63) is 59.9 Å². The van der Waals surface area contributed by atoms with Gasteiger partial charge in [-0.15, -0.1) is 0 Å². The number of esters is 1. The number of carbonyl (C=O) groups excluding carboxylic acids is 2. The van der Waals surface area contributed by atoms with Crippen LogP contribution in [0.1, 0.15) is 42.5 Å². The van der Waals surface area contributed by atoms with E-state index in [-0.39, 0.29) is 22.2 Å². The maximum atomic E-state index is 13.3. The molecule has 31 heavy (non-hydrogen) atoms. The van der Waals surface area contributed by atoms with Gasteiger partial charge in [-0.1, -0.05) is 31.4 Å². The molecular weight excluding hydrogens is 423 g/mol. The number of nitrogens with zero attached hydrogens (tertiary/aromatic N) is 1. The summed E-state index contributed by atoms with van der Waals surface area (Å²) in [5.41, 5.74) is 0.408. The number of rotatable bonds is 7. The number of carbonyl (C=O) groups is 2. The highest BCUT2D eigenvalue weighted by Crippen LogP contribution is 2.28. The van der Waals surface area contributed by atoms with E-state index < -0.39 is 34.3 Å². The molecule has 0 saturated heterocycles. The highest BCUT2D eigenvalue weighted by Gasteiger charge is 2.34. The number of hydrogen-bond acceptors (Lipinski definition) is 5. The third-order valence-electron chi connectivity index (χ3n) is 5.31. The summed E-state index contributed by atoms with van der Waals surface area (Å²) in [5.74, 6) is -1.73. The van der Waals surface area contributed by atoms with E-state index in [9.17, 15) is 22.4 Å². The largest absolute Gasteiger partial charge is 0.465 e. The van der Waals surface area contributed by atoms with Gasteiger partial charge in [-0.3, -0.25) is 4.79 Å². The Hall–Kier alpha value is -2.78. The van der Waals surface area contributed by atoms with Gasteiger partial charge in [0.25, 0.3) is 0 Å². The Kier molecular flexibility index (Phi) is 7.40. The molecule has 1 saturated carbocycles. The smallest absolute Gasteiger partial charge is 0.339 e. The Morgan fingerprint density at radius 3 is 2.35 bits per heavy atom. The van der Waals surface area contributed by atoms with Crippen molar-refractivity contribution in [2.24, 2.45) is 0 Å². The predicted octanol–water partition coefficient (Wildman–Crippen LogP) is 3.57. The maximum absolute atomic E-state index is 13.3. The number of anilines is 1. The molecule has 1 aliphatic carbocycles. The normalized spacial score (nSPS) is 14.9. The van der Waals surface area contributed by atoms with Crippen molar-refractivity contribution in [3.8, 4) is 0 Å². The molecule has 1 amide bonds. The fourth-order valence-electron chi connectivity index (χ4n) is 3.73. The number of ether oxygens (including phenoxy) is 1. The summed E-state index contributed by atoms with van der Waals surface area (Å²) in [6.07, 6.45) is 4.04. The number of sulfonamides is 1. The van der Waals surface area contributed by atoms with Crippen LogP contribution in [0.3, 0.4) is 0 Å². The average molecular weight is 449 g/mol. The number of hydrogen-bond donors (Lipinski definition) is 1. The number of methoxy groups -OCH3 is 1. The van der Waals surface area contributed by atoms with Crippen LogP contribution in [0.2, 0.25) is 0 Å². The van der Waals surface area contributed by atoms with E-state index in [0.29, 0.717) is 12.8 Å². The van der Waals surface area contributed by atoms with E-state index >= 15 is 0 Å². The second-order valence-corrected chi connectivity index (χ2v) is 9.27. The van der Waals surface area contributed by atoms with Crippen LogP contribution in [-0.4, -0.2) is 44.3 Å². The van der Waals surface area contributed by atoms with E-state index in [0.717, 1.165) is 31.4 Å². The van der Waals surface area contributed by atoms with Crippen molar-refractivity contribution in [2.45, 2.75) is 43.0 Å². The molecule has 9 heteroatoms. The molecule has 1 aliphatic rings. The quantitative estimate of drug-likeness (QED) is 0.654. The van der Waals surface area contributed by atoms with Crippen LogP contribution in [-0.2, 0) is 19.6 Å². The molecule has 0 heterocycles. The Bertz CT molecular complexity index is 1030. The highest BCUT2D eigenvalue weighted by atomic mass is 32.2. The van der Waals surface area contributed by atoms with Crippen molar-refractivity contribution in [2.75, 3.05) is 19.0 Å². The zero-order valence-corrected chi connectivity index (χ0v) is 18.0. The van der Waals surface area contributed by atoms with Crippen LogP contribution >= 0.6 is 0 Å². The Morgan fingerprint density at radius 1 is 1.06 bits per heavy atom. The number of nitrogens with one attached hydrogen (secondary N) is 1. The lowest BCUT2D eigenvalue weighted by molar-refractivity contribution is -0.116. The van der Waals surface area contributed by atoms with E-state index in [1.54, 1.807) is 18.2 Å². The number of benzene rings is 2. The lowest BCUT2D eigenvalue weighted by atomic mass is 9.95. The van der Waals surface area contributed by atoms with Crippen LogP contribution in [0.5, 0.6) is 0 Å².